The van der Waals surface area contributed by atoms with Crippen molar-refractivity contribution >= 4 is 6.03 Å². The quantitative estimate of drug-likeness (QED) is 0.752. The van der Waals surface area contributed by atoms with Gasteiger partial charge in [0.05, 0.1) is 11.7 Å². The summed E-state index contributed by atoms with van der Waals surface area (Å²) in [5, 5.41) is 9.93. The van der Waals surface area contributed by atoms with E-state index >= 15 is 0 Å². The van der Waals surface area contributed by atoms with Crippen molar-refractivity contribution in [3.63, 3.8) is 0 Å². The van der Waals surface area contributed by atoms with Crippen molar-refractivity contribution in [2.24, 2.45) is 0 Å². The molecule has 2 aromatic carbocycles. The molecule has 25 heavy (non-hydrogen) atoms. The molecule has 1 heterocycles. The standard InChI is InChI=1S/C19H21N5O/c1-14-4-3-5-16(10-14)11-21-19(25)23-15(2)17-6-8-18(9-7-17)24-13-20-12-22-24/h3-10,12-13,15H,11H2,1-2H3,(H2,21,23,25). The molecule has 0 aliphatic carbocycles. The van der Waals surface area contributed by atoms with Crippen molar-refractivity contribution < 1.29 is 4.79 Å². The first-order chi connectivity index (χ1) is 12.1. The topological polar surface area (TPSA) is 71.8 Å². The lowest BCUT2D eigenvalue weighted by Gasteiger charge is -2.15. The number of hydrogen-bond acceptors (Lipinski definition) is 3. The van der Waals surface area contributed by atoms with Crippen molar-refractivity contribution in [3.05, 3.63) is 77.9 Å². The van der Waals surface area contributed by atoms with E-state index in [1.165, 1.54) is 11.9 Å². The van der Waals surface area contributed by atoms with Gasteiger partial charge in [-0.1, -0.05) is 42.0 Å². The van der Waals surface area contributed by atoms with Crippen molar-refractivity contribution in [1.82, 2.24) is 25.4 Å². The van der Waals surface area contributed by atoms with E-state index in [-0.39, 0.29) is 12.1 Å². The van der Waals surface area contributed by atoms with Crippen molar-refractivity contribution in [3.8, 4) is 5.69 Å². The maximum Gasteiger partial charge on any atom is 0.315 e. The number of nitrogens with one attached hydrogen (secondary N) is 2. The zero-order valence-electron chi connectivity index (χ0n) is 14.3. The molecule has 0 saturated carbocycles. The van der Waals surface area contributed by atoms with Gasteiger partial charge in [0.25, 0.3) is 0 Å². The van der Waals surface area contributed by atoms with Crippen LogP contribution in [0.25, 0.3) is 5.69 Å². The molecule has 3 rings (SSSR count). The van der Waals surface area contributed by atoms with Gasteiger partial charge in [-0.2, -0.15) is 5.10 Å². The van der Waals surface area contributed by atoms with E-state index in [2.05, 4.69) is 26.8 Å². The van der Waals surface area contributed by atoms with Gasteiger partial charge in [-0.05, 0) is 37.1 Å². The highest BCUT2D eigenvalue weighted by Gasteiger charge is 2.09. The molecule has 2 amide bonds. The van der Waals surface area contributed by atoms with Gasteiger partial charge in [-0.15, -0.1) is 0 Å². The minimum absolute atomic E-state index is 0.0951. The average Bonchev–Trinajstić information content (AvgIpc) is 3.15. The summed E-state index contributed by atoms with van der Waals surface area (Å²) in [5.74, 6) is 0. The average molecular weight is 335 g/mol. The number of amides is 2. The van der Waals surface area contributed by atoms with Gasteiger partial charge in [-0.25, -0.2) is 14.5 Å². The summed E-state index contributed by atoms with van der Waals surface area (Å²) in [6.45, 7) is 4.50. The molecule has 128 valence electrons. The van der Waals surface area contributed by atoms with Crippen LogP contribution < -0.4 is 10.6 Å². The lowest BCUT2D eigenvalue weighted by atomic mass is 10.1. The largest absolute Gasteiger partial charge is 0.334 e. The Hall–Kier alpha value is -3.15. The number of aryl methyl sites for hydroxylation is 1. The van der Waals surface area contributed by atoms with E-state index in [0.29, 0.717) is 6.54 Å². The third-order valence-corrected chi connectivity index (χ3v) is 3.96. The predicted molar refractivity (Wildman–Crippen MR) is 96.3 cm³/mol. The monoisotopic (exact) mass is 335 g/mol. The van der Waals surface area contributed by atoms with Crippen molar-refractivity contribution in [1.29, 1.82) is 0 Å². The summed E-state index contributed by atoms with van der Waals surface area (Å²) < 4.78 is 1.69. The Bertz CT molecular complexity index is 827. The Morgan fingerprint density at radius 1 is 1.20 bits per heavy atom. The molecule has 0 aliphatic rings. The highest BCUT2D eigenvalue weighted by molar-refractivity contribution is 5.74. The molecule has 3 aromatic rings. The van der Waals surface area contributed by atoms with Crippen LogP contribution >= 0.6 is 0 Å². The van der Waals surface area contributed by atoms with Gasteiger partial charge in [0, 0.05) is 6.54 Å². The van der Waals surface area contributed by atoms with Crippen LogP contribution in [0.1, 0.15) is 29.7 Å². The Morgan fingerprint density at radius 2 is 2.00 bits per heavy atom. The normalized spacial score (nSPS) is 11.8. The summed E-state index contributed by atoms with van der Waals surface area (Å²) in [6.07, 6.45) is 3.14. The summed E-state index contributed by atoms with van der Waals surface area (Å²) in [6, 6.07) is 15.7. The minimum Gasteiger partial charge on any atom is -0.334 e. The highest BCUT2D eigenvalue weighted by atomic mass is 16.2. The molecule has 1 aromatic heterocycles. The molecule has 2 N–H and O–H groups in total. The molecule has 0 saturated heterocycles. The van der Waals surface area contributed by atoms with E-state index in [0.717, 1.165) is 16.8 Å². The molecule has 0 fully saturated rings. The molecule has 0 radical (unpaired) electrons. The smallest absolute Gasteiger partial charge is 0.315 e. The molecule has 6 heteroatoms. The third-order valence-electron chi connectivity index (χ3n) is 3.96. The molecule has 0 aliphatic heterocycles. The van der Waals surface area contributed by atoms with Crippen LogP contribution in [0.5, 0.6) is 0 Å². The molecule has 6 nitrogen and oxygen atoms in total. The van der Waals surface area contributed by atoms with E-state index in [1.807, 2.05) is 56.3 Å². The molecular formula is C19H21N5O. The number of aromatic nitrogens is 3. The fourth-order valence-corrected chi connectivity index (χ4v) is 2.59. The van der Waals surface area contributed by atoms with E-state index in [1.54, 1.807) is 11.0 Å². The number of rotatable bonds is 5. The first-order valence-corrected chi connectivity index (χ1v) is 8.17. The van der Waals surface area contributed by atoms with E-state index < -0.39 is 0 Å². The van der Waals surface area contributed by atoms with Crippen LogP contribution in [0.15, 0.2) is 61.2 Å². The SMILES string of the molecule is Cc1cccc(CNC(=O)NC(C)c2ccc(-n3cncn3)cc2)c1. The highest BCUT2D eigenvalue weighted by Crippen LogP contribution is 2.15. The van der Waals surface area contributed by atoms with Crippen molar-refractivity contribution in [2.45, 2.75) is 26.4 Å². The Labute approximate surface area is 146 Å². The first-order valence-electron chi connectivity index (χ1n) is 8.17. The van der Waals surface area contributed by atoms with Gasteiger partial charge in [-0.3, -0.25) is 0 Å². The minimum atomic E-state index is -0.186. The van der Waals surface area contributed by atoms with Crippen molar-refractivity contribution in [2.75, 3.05) is 0 Å². The lowest BCUT2D eigenvalue weighted by molar-refractivity contribution is 0.237. The fraction of sp³-hybridized carbons (Fsp3) is 0.211. The maximum atomic E-state index is 12.1. The number of urea groups is 1. The number of benzene rings is 2. The molecule has 0 bridgehead atoms. The van der Waals surface area contributed by atoms with Crippen LogP contribution in [0.2, 0.25) is 0 Å². The second kappa shape index (κ2) is 7.61. The number of carbonyl (C=O) groups is 1. The first kappa shape index (κ1) is 16.7. The molecule has 0 spiro atoms. The fourth-order valence-electron chi connectivity index (χ4n) is 2.59. The third kappa shape index (κ3) is 4.44. The van der Waals surface area contributed by atoms with Gasteiger partial charge in [0.15, 0.2) is 0 Å². The Morgan fingerprint density at radius 3 is 2.68 bits per heavy atom. The Kier molecular flexibility index (Phi) is 5.09. The molecular weight excluding hydrogens is 314 g/mol. The maximum absolute atomic E-state index is 12.1. The summed E-state index contributed by atoms with van der Waals surface area (Å²) >= 11 is 0. The second-order valence-electron chi connectivity index (χ2n) is 5.97. The van der Waals surface area contributed by atoms with E-state index in [9.17, 15) is 4.79 Å². The van der Waals surface area contributed by atoms with Crippen LogP contribution in [0.4, 0.5) is 4.79 Å². The number of carbonyl (C=O) groups excluding carboxylic acids is 1. The Balaban J connectivity index is 1.54. The number of nitrogens with zero attached hydrogens (tertiary/aromatic N) is 3. The van der Waals surface area contributed by atoms with Crippen LogP contribution in [-0.2, 0) is 6.54 Å². The van der Waals surface area contributed by atoms with Crippen LogP contribution in [-0.4, -0.2) is 20.8 Å². The van der Waals surface area contributed by atoms with Gasteiger partial charge in [0.2, 0.25) is 0 Å². The summed E-state index contributed by atoms with van der Waals surface area (Å²) in [5.41, 5.74) is 4.22. The zero-order chi connectivity index (χ0) is 17.6. The summed E-state index contributed by atoms with van der Waals surface area (Å²) in [4.78, 5) is 16.0. The van der Waals surface area contributed by atoms with Crippen LogP contribution in [0.3, 0.4) is 0 Å². The van der Waals surface area contributed by atoms with Gasteiger partial charge in [0.1, 0.15) is 12.7 Å². The van der Waals surface area contributed by atoms with Gasteiger partial charge < -0.3 is 10.6 Å². The molecule has 1 atom stereocenters. The lowest BCUT2D eigenvalue weighted by Crippen LogP contribution is -2.36. The summed E-state index contributed by atoms with van der Waals surface area (Å²) in [7, 11) is 0. The van der Waals surface area contributed by atoms with Crippen LogP contribution in [0, 0.1) is 6.92 Å². The zero-order valence-corrected chi connectivity index (χ0v) is 14.3. The van der Waals surface area contributed by atoms with Gasteiger partial charge >= 0.3 is 6.03 Å². The predicted octanol–water partition coefficient (Wildman–Crippen LogP) is 3.14. The number of hydrogen-bond donors (Lipinski definition) is 2. The second-order valence-corrected chi connectivity index (χ2v) is 5.97. The molecule has 1 unspecified atom stereocenters. The van der Waals surface area contributed by atoms with E-state index in [4.69, 9.17) is 0 Å².